The fraction of sp³-hybridized carbons (Fsp3) is 0.533. The number of hydrogen-bond donors (Lipinski definition) is 1. The highest BCUT2D eigenvalue weighted by molar-refractivity contribution is 5.80. The predicted octanol–water partition coefficient (Wildman–Crippen LogP) is 2.13. The van der Waals surface area contributed by atoms with Gasteiger partial charge in [0.1, 0.15) is 5.75 Å². The van der Waals surface area contributed by atoms with Crippen LogP contribution in [0.3, 0.4) is 0 Å². The number of nitrogens with one attached hydrogen (secondary N) is 1. The summed E-state index contributed by atoms with van der Waals surface area (Å²) in [5, 5.41) is 3.19. The fourth-order valence-corrected chi connectivity index (χ4v) is 1.86. The Bertz CT molecular complexity index is 444. The van der Waals surface area contributed by atoms with Gasteiger partial charge in [-0.05, 0) is 39.4 Å². The lowest BCUT2D eigenvalue weighted by atomic mass is 10.1. The molecule has 0 aliphatic rings. The van der Waals surface area contributed by atoms with E-state index in [2.05, 4.69) is 18.3 Å². The van der Waals surface area contributed by atoms with Gasteiger partial charge in [0.15, 0.2) is 6.10 Å². The monoisotopic (exact) mass is 264 g/mol. The lowest BCUT2D eigenvalue weighted by molar-refractivity contribution is -0.135. The summed E-state index contributed by atoms with van der Waals surface area (Å²) in [5.41, 5.74) is 2.18. The van der Waals surface area contributed by atoms with Gasteiger partial charge in [-0.25, -0.2) is 0 Å². The lowest BCUT2D eigenvalue weighted by Gasteiger charge is -2.22. The van der Waals surface area contributed by atoms with E-state index in [-0.39, 0.29) is 11.9 Å². The number of likely N-dealkylation sites (N-methyl/N-ethyl adjacent to an activating group) is 1. The van der Waals surface area contributed by atoms with Crippen LogP contribution in [0.4, 0.5) is 0 Å². The zero-order chi connectivity index (χ0) is 14.6. The second-order valence-electron chi connectivity index (χ2n) is 5.04. The lowest BCUT2D eigenvalue weighted by Crippen LogP contribution is -2.35. The summed E-state index contributed by atoms with van der Waals surface area (Å²) in [6.45, 7) is 5.85. The van der Waals surface area contributed by atoms with Gasteiger partial charge in [0.05, 0.1) is 0 Å². The van der Waals surface area contributed by atoms with Gasteiger partial charge in [-0.2, -0.15) is 0 Å². The minimum absolute atomic E-state index is 0.0374. The first-order valence-electron chi connectivity index (χ1n) is 6.52. The zero-order valence-corrected chi connectivity index (χ0v) is 12.7. The van der Waals surface area contributed by atoms with Crippen LogP contribution in [0.5, 0.6) is 5.75 Å². The number of aryl methyl sites for hydroxylation is 1. The third-order valence-corrected chi connectivity index (χ3v) is 3.16. The Labute approximate surface area is 115 Å². The van der Waals surface area contributed by atoms with Gasteiger partial charge in [0, 0.05) is 25.7 Å². The van der Waals surface area contributed by atoms with Gasteiger partial charge in [-0.15, -0.1) is 0 Å². The first kappa shape index (κ1) is 15.5. The molecule has 4 nitrogen and oxygen atoms in total. The second kappa shape index (κ2) is 6.57. The Morgan fingerprint density at radius 2 is 1.95 bits per heavy atom. The summed E-state index contributed by atoms with van der Waals surface area (Å²) in [6.07, 6.45) is -0.486. The highest BCUT2D eigenvalue weighted by Gasteiger charge is 2.19. The van der Waals surface area contributed by atoms with Gasteiger partial charge >= 0.3 is 0 Å². The van der Waals surface area contributed by atoms with Crippen molar-refractivity contribution in [1.82, 2.24) is 10.2 Å². The highest BCUT2D eigenvalue weighted by atomic mass is 16.5. The summed E-state index contributed by atoms with van der Waals surface area (Å²) >= 11 is 0. The zero-order valence-electron chi connectivity index (χ0n) is 12.7. The van der Waals surface area contributed by atoms with Crippen LogP contribution in [-0.2, 0) is 4.79 Å². The Hall–Kier alpha value is -1.55. The first-order valence-corrected chi connectivity index (χ1v) is 6.52. The quantitative estimate of drug-likeness (QED) is 0.886. The van der Waals surface area contributed by atoms with Crippen LogP contribution in [0.25, 0.3) is 0 Å². The molecule has 0 radical (unpaired) electrons. The number of ether oxygens (including phenoxy) is 1. The van der Waals surface area contributed by atoms with Gasteiger partial charge in [0.2, 0.25) is 0 Å². The van der Waals surface area contributed by atoms with Crippen molar-refractivity contribution >= 4 is 5.91 Å². The van der Waals surface area contributed by atoms with Gasteiger partial charge < -0.3 is 15.0 Å². The predicted molar refractivity (Wildman–Crippen MR) is 77.4 cm³/mol. The van der Waals surface area contributed by atoms with E-state index in [0.29, 0.717) is 0 Å². The van der Waals surface area contributed by atoms with E-state index in [9.17, 15) is 4.79 Å². The number of carbonyl (C=O) groups excluding carboxylic acids is 1. The van der Waals surface area contributed by atoms with Crippen molar-refractivity contribution in [2.75, 3.05) is 21.1 Å². The summed E-state index contributed by atoms with van der Waals surface area (Å²) in [5.74, 6) is 0.731. The summed E-state index contributed by atoms with van der Waals surface area (Å²) in [7, 11) is 5.37. The van der Waals surface area contributed by atoms with Crippen LogP contribution < -0.4 is 10.1 Å². The Morgan fingerprint density at radius 3 is 2.47 bits per heavy atom. The van der Waals surface area contributed by atoms with E-state index in [0.717, 1.165) is 16.9 Å². The second-order valence-corrected chi connectivity index (χ2v) is 5.04. The summed E-state index contributed by atoms with van der Waals surface area (Å²) < 4.78 is 5.84. The van der Waals surface area contributed by atoms with Crippen molar-refractivity contribution in [3.8, 4) is 5.75 Å². The van der Waals surface area contributed by atoms with Gasteiger partial charge in [-0.3, -0.25) is 4.79 Å². The molecule has 1 aromatic rings. The third-order valence-electron chi connectivity index (χ3n) is 3.16. The number of hydrogen-bond acceptors (Lipinski definition) is 3. The summed E-state index contributed by atoms with van der Waals surface area (Å²) in [4.78, 5) is 13.4. The maximum absolute atomic E-state index is 11.9. The van der Waals surface area contributed by atoms with Crippen molar-refractivity contribution < 1.29 is 9.53 Å². The van der Waals surface area contributed by atoms with Crippen LogP contribution in [0.15, 0.2) is 18.2 Å². The van der Waals surface area contributed by atoms with Gasteiger partial charge in [0.25, 0.3) is 5.91 Å². The van der Waals surface area contributed by atoms with Crippen molar-refractivity contribution in [1.29, 1.82) is 0 Å². The molecule has 1 N–H and O–H groups in total. The largest absolute Gasteiger partial charge is 0.481 e. The molecule has 2 unspecified atom stereocenters. The molecule has 2 atom stereocenters. The third kappa shape index (κ3) is 3.96. The first-order chi connectivity index (χ1) is 8.86. The van der Waals surface area contributed by atoms with E-state index in [1.54, 1.807) is 25.9 Å². The molecule has 106 valence electrons. The van der Waals surface area contributed by atoms with E-state index in [1.807, 2.05) is 26.1 Å². The SMILES string of the molecule is CNC(C)c1ccc(C)cc1OC(C)C(=O)N(C)C. The van der Waals surface area contributed by atoms with Crippen LogP contribution in [0, 0.1) is 6.92 Å². The summed E-state index contributed by atoms with van der Waals surface area (Å²) in [6, 6.07) is 6.24. The molecule has 0 aliphatic heterocycles. The maximum Gasteiger partial charge on any atom is 0.262 e. The van der Waals surface area contributed by atoms with Crippen molar-refractivity contribution in [3.05, 3.63) is 29.3 Å². The van der Waals surface area contributed by atoms with Crippen LogP contribution in [0.1, 0.15) is 31.0 Å². The van der Waals surface area contributed by atoms with Crippen LogP contribution in [0.2, 0.25) is 0 Å². The molecular weight excluding hydrogens is 240 g/mol. The fourth-order valence-electron chi connectivity index (χ4n) is 1.86. The van der Waals surface area contributed by atoms with Crippen LogP contribution >= 0.6 is 0 Å². The standard InChI is InChI=1S/C15H24N2O2/c1-10-7-8-13(11(2)16-4)14(9-10)19-12(3)15(18)17(5)6/h7-9,11-12,16H,1-6H3. The number of benzene rings is 1. The molecule has 0 spiro atoms. The minimum atomic E-state index is -0.486. The normalized spacial score (nSPS) is 13.8. The topological polar surface area (TPSA) is 41.6 Å². The molecule has 1 rings (SSSR count). The molecule has 0 heterocycles. The number of nitrogens with zero attached hydrogens (tertiary/aromatic N) is 1. The maximum atomic E-state index is 11.9. The molecular formula is C15H24N2O2. The number of amides is 1. The van der Waals surface area contributed by atoms with E-state index in [1.165, 1.54) is 0 Å². The number of rotatable bonds is 5. The van der Waals surface area contributed by atoms with E-state index < -0.39 is 6.10 Å². The van der Waals surface area contributed by atoms with Gasteiger partial charge in [-0.1, -0.05) is 12.1 Å². The Morgan fingerprint density at radius 1 is 1.32 bits per heavy atom. The molecule has 0 saturated heterocycles. The molecule has 0 aromatic heterocycles. The minimum Gasteiger partial charge on any atom is -0.481 e. The molecule has 4 heteroatoms. The van der Waals surface area contributed by atoms with E-state index >= 15 is 0 Å². The van der Waals surface area contributed by atoms with Crippen molar-refractivity contribution in [3.63, 3.8) is 0 Å². The van der Waals surface area contributed by atoms with Crippen molar-refractivity contribution in [2.45, 2.75) is 32.9 Å². The molecule has 19 heavy (non-hydrogen) atoms. The molecule has 0 aliphatic carbocycles. The molecule has 1 aromatic carbocycles. The highest BCUT2D eigenvalue weighted by Crippen LogP contribution is 2.27. The Balaban J connectivity index is 2.99. The molecule has 0 fully saturated rings. The molecule has 0 bridgehead atoms. The molecule has 1 amide bonds. The Kier molecular flexibility index (Phi) is 5.36. The van der Waals surface area contributed by atoms with E-state index in [4.69, 9.17) is 4.74 Å². The number of carbonyl (C=O) groups is 1. The average molecular weight is 264 g/mol. The smallest absolute Gasteiger partial charge is 0.262 e. The van der Waals surface area contributed by atoms with Crippen LogP contribution in [-0.4, -0.2) is 38.1 Å². The molecule has 0 saturated carbocycles. The average Bonchev–Trinajstić information content (AvgIpc) is 2.36. The van der Waals surface area contributed by atoms with Crippen molar-refractivity contribution in [2.24, 2.45) is 0 Å².